The van der Waals surface area contributed by atoms with E-state index in [1.165, 1.54) is 5.56 Å². The van der Waals surface area contributed by atoms with Gasteiger partial charge in [-0.1, -0.05) is 37.1 Å². The Bertz CT molecular complexity index is 598. The van der Waals surface area contributed by atoms with Gasteiger partial charge in [0, 0.05) is 42.7 Å². The lowest BCUT2D eigenvalue weighted by atomic mass is 9.68. The van der Waals surface area contributed by atoms with Crippen molar-refractivity contribution in [3.63, 3.8) is 0 Å². The van der Waals surface area contributed by atoms with Gasteiger partial charge in [0.2, 0.25) is 0 Å². The van der Waals surface area contributed by atoms with Crippen molar-refractivity contribution in [2.75, 3.05) is 26.2 Å². The predicted octanol–water partition coefficient (Wildman–Crippen LogP) is 4.02. The van der Waals surface area contributed by atoms with Crippen molar-refractivity contribution in [3.8, 4) is 0 Å². The standard InChI is InChI=1S/C20H30ClN3O/c1-2-3-11-23-12-13-24(19(23)25)18-7-9-20(15-22,10-8-18)16-5-4-6-17(21)14-16/h4-6,14,18H,2-3,7-13,15,22H2,1H3. The van der Waals surface area contributed by atoms with E-state index in [1.54, 1.807) is 0 Å². The van der Waals surface area contributed by atoms with Crippen molar-refractivity contribution in [1.82, 2.24) is 9.80 Å². The van der Waals surface area contributed by atoms with Gasteiger partial charge >= 0.3 is 6.03 Å². The summed E-state index contributed by atoms with van der Waals surface area (Å²) in [6.07, 6.45) is 6.32. The van der Waals surface area contributed by atoms with E-state index >= 15 is 0 Å². The fraction of sp³-hybridized carbons (Fsp3) is 0.650. The fourth-order valence-corrected chi connectivity index (χ4v) is 4.58. The summed E-state index contributed by atoms with van der Waals surface area (Å²) in [6.45, 7) is 5.46. The second-order valence-electron chi connectivity index (χ2n) is 7.54. The van der Waals surface area contributed by atoms with Gasteiger partial charge in [-0.05, 0) is 49.8 Å². The first-order valence-electron chi connectivity index (χ1n) is 9.61. The summed E-state index contributed by atoms with van der Waals surface area (Å²) in [5.74, 6) is 0. The SMILES string of the molecule is CCCCN1CCN(C2CCC(CN)(c3cccc(Cl)c3)CC2)C1=O. The highest BCUT2D eigenvalue weighted by Crippen LogP contribution is 2.41. The van der Waals surface area contributed by atoms with Gasteiger partial charge in [-0.2, -0.15) is 0 Å². The second kappa shape index (κ2) is 7.96. The van der Waals surface area contributed by atoms with Gasteiger partial charge in [-0.25, -0.2) is 4.79 Å². The third-order valence-electron chi connectivity index (χ3n) is 6.09. The Hall–Kier alpha value is -1.26. The Morgan fingerprint density at radius 2 is 2.04 bits per heavy atom. The van der Waals surface area contributed by atoms with Gasteiger partial charge in [-0.3, -0.25) is 0 Å². The summed E-state index contributed by atoms with van der Waals surface area (Å²) in [5.41, 5.74) is 7.45. The van der Waals surface area contributed by atoms with Crippen LogP contribution in [0.2, 0.25) is 5.02 Å². The summed E-state index contributed by atoms with van der Waals surface area (Å²) in [6, 6.07) is 8.72. The number of benzene rings is 1. The second-order valence-corrected chi connectivity index (χ2v) is 7.98. The van der Waals surface area contributed by atoms with E-state index in [9.17, 15) is 4.79 Å². The Morgan fingerprint density at radius 1 is 1.28 bits per heavy atom. The van der Waals surface area contributed by atoms with Crippen LogP contribution in [0.15, 0.2) is 24.3 Å². The van der Waals surface area contributed by atoms with Crippen LogP contribution in [-0.2, 0) is 5.41 Å². The zero-order valence-corrected chi connectivity index (χ0v) is 16.0. The van der Waals surface area contributed by atoms with Gasteiger partial charge < -0.3 is 15.5 Å². The minimum Gasteiger partial charge on any atom is -0.330 e. The molecule has 1 aliphatic carbocycles. The molecule has 1 saturated heterocycles. The zero-order valence-electron chi connectivity index (χ0n) is 15.2. The van der Waals surface area contributed by atoms with Gasteiger partial charge in [0.1, 0.15) is 0 Å². The lowest BCUT2D eigenvalue weighted by molar-refractivity contribution is 0.144. The van der Waals surface area contributed by atoms with E-state index in [0.29, 0.717) is 12.6 Å². The molecule has 3 rings (SSSR count). The molecule has 0 bridgehead atoms. The van der Waals surface area contributed by atoms with Crippen molar-refractivity contribution < 1.29 is 4.79 Å². The Balaban J connectivity index is 1.64. The first kappa shape index (κ1) is 18.5. The monoisotopic (exact) mass is 363 g/mol. The van der Waals surface area contributed by atoms with Crippen LogP contribution in [0.1, 0.15) is 51.0 Å². The summed E-state index contributed by atoms with van der Waals surface area (Å²) in [5, 5.41) is 0.772. The number of hydrogen-bond donors (Lipinski definition) is 1. The van der Waals surface area contributed by atoms with Crippen LogP contribution in [0.25, 0.3) is 0 Å². The minimum atomic E-state index is 0.00602. The van der Waals surface area contributed by atoms with Crippen LogP contribution in [0, 0.1) is 0 Å². The smallest absolute Gasteiger partial charge is 0.320 e. The Labute approximate surface area is 156 Å². The van der Waals surface area contributed by atoms with Gasteiger partial charge in [0.25, 0.3) is 0 Å². The van der Waals surface area contributed by atoms with Crippen LogP contribution < -0.4 is 5.73 Å². The highest BCUT2D eigenvalue weighted by molar-refractivity contribution is 6.30. The molecule has 138 valence electrons. The van der Waals surface area contributed by atoms with E-state index in [2.05, 4.69) is 24.0 Å². The van der Waals surface area contributed by atoms with E-state index in [4.69, 9.17) is 17.3 Å². The molecule has 0 spiro atoms. The molecule has 2 fully saturated rings. The van der Waals surface area contributed by atoms with Crippen molar-refractivity contribution in [3.05, 3.63) is 34.9 Å². The highest BCUT2D eigenvalue weighted by atomic mass is 35.5. The van der Waals surface area contributed by atoms with Gasteiger partial charge in [-0.15, -0.1) is 0 Å². The largest absolute Gasteiger partial charge is 0.330 e. The highest BCUT2D eigenvalue weighted by Gasteiger charge is 2.40. The predicted molar refractivity (Wildman–Crippen MR) is 103 cm³/mol. The van der Waals surface area contributed by atoms with E-state index < -0.39 is 0 Å². The topological polar surface area (TPSA) is 49.6 Å². The number of nitrogens with zero attached hydrogens (tertiary/aromatic N) is 2. The van der Waals surface area contributed by atoms with Crippen LogP contribution >= 0.6 is 11.6 Å². The fourth-order valence-electron chi connectivity index (χ4n) is 4.39. The molecule has 1 heterocycles. The normalized spacial score (nSPS) is 27.2. The Kier molecular flexibility index (Phi) is 5.90. The average molecular weight is 364 g/mol. The molecule has 1 aromatic carbocycles. The quantitative estimate of drug-likeness (QED) is 0.829. The summed E-state index contributed by atoms with van der Waals surface area (Å²) < 4.78 is 0. The summed E-state index contributed by atoms with van der Waals surface area (Å²) in [4.78, 5) is 16.8. The minimum absolute atomic E-state index is 0.00602. The maximum Gasteiger partial charge on any atom is 0.320 e. The summed E-state index contributed by atoms with van der Waals surface area (Å²) in [7, 11) is 0. The first-order valence-corrected chi connectivity index (χ1v) is 9.99. The molecule has 0 aromatic heterocycles. The molecule has 1 aliphatic heterocycles. The van der Waals surface area contributed by atoms with Gasteiger partial charge in [0.05, 0.1) is 0 Å². The van der Waals surface area contributed by atoms with Crippen LogP contribution in [0.4, 0.5) is 4.79 Å². The Morgan fingerprint density at radius 3 is 2.68 bits per heavy atom. The maximum absolute atomic E-state index is 12.7. The number of hydrogen-bond acceptors (Lipinski definition) is 2. The molecule has 2 N–H and O–H groups in total. The van der Waals surface area contributed by atoms with Crippen LogP contribution in [0.5, 0.6) is 0 Å². The van der Waals surface area contributed by atoms with Crippen molar-refractivity contribution in [1.29, 1.82) is 0 Å². The number of nitrogens with two attached hydrogens (primary N) is 1. The third-order valence-corrected chi connectivity index (χ3v) is 6.32. The maximum atomic E-state index is 12.7. The van der Waals surface area contributed by atoms with Crippen LogP contribution in [0.3, 0.4) is 0 Å². The molecule has 4 nitrogen and oxygen atoms in total. The van der Waals surface area contributed by atoms with E-state index in [-0.39, 0.29) is 11.4 Å². The molecule has 25 heavy (non-hydrogen) atoms. The number of rotatable bonds is 6. The molecule has 1 saturated carbocycles. The van der Waals surface area contributed by atoms with E-state index in [0.717, 1.165) is 63.2 Å². The lowest BCUT2D eigenvalue weighted by Crippen LogP contribution is -2.46. The molecule has 1 aromatic rings. The number of carbonyl (C=O) groups is 1. The summed E-state index contributed by atoms with van der Waals surface area (Å²) >= 11 is 6.19. The van der Waals surface area contributed by atoms with Crippen molar-refractivity contribution >= 4 is 17.6 Å². The van der Waals surface area contributed by atoms with E-state index in [1.807, 2.05) is 17.0 Å². The molecule has 2 aliphatic rings. The number of amides is 2. The number of carbonyl (C=O) groups excluding carboxylic acids is 1. The molecular formula is C20H30ClN3O. The first-order chi connectivity index (χ1) is 12.1. The molecule has 0 unspecified atom stereocenters. The van der Waals surface area contributed by atoms with Crippen molar-refractivity contribution in [2.45, 2.75) is 56.9 Å². The molecule has 0 radical (unpaired) electrons. The number of unbranched alkanes of at least 4 members (excludes halogenated alkanes) is 1. The van der Waals surface area contributed by atoms with Crippen LogP contribution in [-0.4, -0.2) is 48.1 Å². The molecule has 5 heteroatoms. The van der Waals surface area contributed by atoms with Crippen molar-refractivity contribution in [2.24, 2.45) is 5.73 Å². The molecule has 2 amide bonds. The molecular weight excluding hydrogens is 334 g/mol. The average Bonchev–Trinajstić information content (AvgIpc) is 3.00. The molecule has 0 atom stereocenters. The lowest BCUT2D eigenvalue weighted by Gasteiger charge is -2.42. The number of urea groups is 1. The van der Waals surface area contributed by atoms with Gasteiger partial charge in [0.15, 0.2) is 0 Å². The number of halogens is 1. The third kappa shape index (κ3) is 3.80. The zero-order chi connectivity index (χ0) is 17.9.